The fraction of sp³-hybridized carbons (Fsp3) is 0.351. The zero-order valence-electron chi connectivity index (χ0n) is 28.1. The number of carboxylic acid groups (broad SMARTS) is 2. The Bertz CT molecular complexity index is 1810. The smallest absolute Gasteiger partial charge is 0.416 e. The van der Waals surface area contributed by atoms with Crippen molar-refractivity contribution < 1.29 is 42.5 Å². The first-order valence-electron chi connectivity index (χ1n) is 16.5. The molecule has 2 aliphatic heterocycles. The number of halogens is 3. The second kappa shape index (κ2) is 16.7. The van der Waals surface area contributed by atoms with E-state index in [2.05, 4.69) is 44.0 Å². The average molecular weight is 708 g/mol. The molecular weight excluding hydrogens is 667 g/mol. The number of carbonyl (C=O) groups excluding carboxylic acids is 1. The summed E-state index contributed by atoms with van der Waals surface area (Å²) in [5.41, 5.74) is 4.25. The van der Waals surface area contributed by atoms with Crippen LogP contribution in [-0.2, 0) is 28.9 Å². The number of methoxy groups -OCH3 is 1. The third-order valence-electron chi connectivity index (χ3n) is 9.06. The zero-order chi connectivity index (χ0) is 36.5. The van der Waals surface area contributed by atoms with Gasteiger partial charge in [0.05, 0.1) is 12.7 Å². The fourth-order valence-electron chi connectivity index (χ4n) is 6.30. The number of nitrogens with one attached hydrogen (secondary N) is 1. The van der Waals surface area contributed by atoms with Gasteiger partial charge in [0.1, 0.15) is 5.69 Å². The molecule has 0 bridgehead atoms. The van der Waals surface area contributed by atoms with Crippen LogP contribution in [0.5, 0.6) is 5.88 Å². The van der Waals surface area contributed by atoms with Gasteiger partial charge in [-0.15, -0.1) is 0 Å². The van der Waals surface area contributed by atoms with Gasteiger partial charge in [-0.1, -0.05) is 30.3 Å². The molecule has 2 saturated heterocycles. The molecule has 270 valence electrons. The number of piperazine rings is 1. The van der Waals surface area contributed by atoms with Crippen molar-refractivity contribution in [3.63, 3.8) is 0 Å². The van der Waals surface area contributed by atoms with E-state index >= 15 is 0 Å². The lowest BCUT2D eigenvalue weighted by Crippen LogP contribution is -2.48. The number of piperidine rings is 1. The number of benzene rings is 2. The number of alkyl halides is 3. The summed E-state index contributed by atoms with van der Waals surface area (Å²) in [5.74, 6) is -1.42. The molecule has 2 aliphatic rings. The van der Waals surface area contributed by atoms with Crippen LogP contribution in [0.2, 0.25) is 0 Å². The molecule has 2 aromatic carbocycles. The fourth-order valence-corrected chi connectivity index (χ4v) is 6.30. The van der Waals surface area contributed by atoms with Crippen LogP contribution in [0.3, 0.4) is 0 Å². The number of ether oxygens (including phenoxy) is 1. The number of aliphatic carboxylic acids is 2. The van der Waals surface area contributed by atoms with Gasteiger partial charge in [0.25, 0.3) is 5.91 Å². The third-order valence-corrected chi connectivity index (χ3v) is 9.06. The standard InChI is InChI=1S/C33H36F3N5O2.C4H4O4/c1-43-31-9-4-24(20-37-31)22-39-12-10-25(11-13-39)26-5-6-27-19-30(38-29(27)18-26)32(42)41-16-14-40(15-17-41)21-23-2-7-28(8-3-23)33(34,35)36;5-3(6)1-2-4(7)8/h2-9,18-20,25,38H,10-17,21-22H2,1H3;1-2H,(H,5,6)(H,7,8). The van der Waals surface area contributed by atoms with Crippen LogP contribution in [0.1, 0.15) is 51.5 Å². The first-order chi connectivity index (χ1) is 24.4. The number of H-pyrrole nitrogens is 1. The largest absolute Gasteiger partial charge is 0.481 e. The molecule has 1 amide bonds. The predicted octanol–water partition coefficient (Wildman–Crippen LogP) is 5.64. The van der Waals surface area contributed by atoms with Gasteiger partial charge >= 0.3 is 18.1 Å². The Balaban J connectivity index is 0.000000565. The number of amides is 1. The molecule has 51 heavy (non-hydrogen) atoms. The number of hydrogen-bond acceptors (Lipinski definition) is 7. The molecule has 6 rings (SSSR count). The highest BCUT2D eigenvalue weighted by Gasteiger charge is 2.30. The molecule has 2 aromatic heterocycles. The summed E-state index contributed by atoms with van der Waals surface area (Å²) in [4.78, 5) is 46.6. The highest BCUT2D eigenvalue weighted by molar-refractivity contribution is 5.98. The van der Waals surface area contributed by atoms with E-state index in [4.69, 9.17) is 14.9 Å². The van der Waals surface area contributed by atoms with Crippen LogP contribution in [0.25, 0.3) is 10.9 Å². The Kier molecular flexibility index (Phi) is 12.1. The van der Waals surface area contributed by atoms with E-state index < -0.39 is 23.7 Å². The summed E-state index contributed by atoms with van der Waals surface area (Å²) in [6, 6.07) is 17.7. The van der Waals surface area contributed by atoms with E-state index in [0.29, 0.717) is 62.4 Å². The van der Waals surface area contributed by atoms with Crippen molar-refractivity contribution >= 4 is 28.7 Å². The van der Waals surface area contributed by atoms with Gasteiger partial charge in [0.15, 0.2) is 0 Å². The third kappa shape index (κ3) is 10.4. The van der Waals surface area contributed by atoms with Crippen LogP contribution < -0.4 is 4.74 Å². The van der Waals surface area contributed by atoms with Crippen LogP contribution in [0.15, 0.2) is 79.0 Å². The topological polar surface area (TPSA) is 139 Å². The van der Waals surface area contributed by atoms with Gasteiger partial charge < -0.3 is 24.8 Å². The van der Waals surface area contributed by atoms with Crippen LogP contribution in [-0.4, -0.2) is 99.1 Å². The van der Waals surface area contributed by atoms with Crippen molar-refractivity contribution in [2.75, 3.05) is 46.4 Å². The Morgan fingerprint density at radius 2 is 1.45 bits per heavy atom. The van der Waals surface area contributed by atoms with Gasteiger partial charge in [-0.05, 0) is 72.8 Å². The van der Waals surface area contributed by atoms with E-state index in [-0.39, 0.29) is 5.91 Å². The van der Waals surface area contributed by atoms with Crippen LogP contribution in [0, 0.1) is 0 Å². The molecule has 4 aromatic rings. The number of nitrogens with zero attached hydrogens (tertiary/aromatic N) is 4. The molecule has 0 aliphatic carbocycles. The molecular formula is C37H40F3N5O6. The summed E-state index contributed by atoms with van der Waals surface area (Å²) in [5, 5.41) is 16.6. The number of hydrogen-bond donors (Lipinski definition) is 3. The number of fused-ring (bicyclic) bond motifs is 1. The van der Waals surface area contributed by atoms with Crippen molar-refractivity contribution in [1.82, 2.24) is 24.7 Å². The van der Waals surface area contributed by atoms with Gasteiger partial charge in [-0.25, -0.2) is 14.6 Å². The van der Waals surface area contributed by atoms with Crippen molar-refractivity contribution in [1.29, 1.82) is 0 Å². The number of carboxylic acids is 2. The predicted molar refractivity (Wildman–Crippen MR) is 183 cm³/mol. The van der Waals surface area contributed by atoms with E-state index in [9.17, 15) is 27.6 Å². The highest BCUT2D eigenvalue weighted by atomic mass is 19.4. The lowest BCUT2D eigenvalue weighted by Gasteiger charge is -2.34. The van der Waals surface area contributed by atoms with Gasteiger partial charge in [0, 0.05) is 74.6 Å². The number of aromatic amines is 1. The number of rotatable bonds is 9. The molecule has 0 atom stereocenters. The lowest BCUT2D eigenvalue weighted by atomic mass is 9.89. The second-order valence-electron chi connectivity index (χ2n) is 12.6. The maximum absolute atomic E-state index is 13.3. The van der Waals surface area contributed by atoms with Gasteiger partial charge in [0.2, 0.25) is 5.88 Å². The Morgan fingerprint density at radius 1 is 0.843 bits per heavy atom. The molecule has 0 unspecified atom stereocenters. The van der Waals surface area contributed by atoms with E-state index in [1.807, 2.05) is 23.2 Å². The summed E-state index contributed by atoms with van der Waals surface area (Å²) >= 11 is 0. The first kappa shape index (κ1) is 37.1. The molecule has 11 nitrogen and oxygen atoms in total. The van der Waals surface area contributed by atoms with Gasteiger partial charge in [-0.3, -0.25) is 14.6 Å². The number of likely N-dealkylation sites (tertiary alicyclic amines) is 1. The first-order valence-corrected chi connectivity index (χ1v) is 16.5. The van der Waals surface area contributed by atoms with Crippen molar-refractivity contribution in [2.45, 2.75) is 38.0 Å². The van der Waals surface area contributed by atoms with Crippen molar-refractivity contribution in [3.8, 4) is 5.88 Å². The monoisotopic (exact) mass is 707 g/mol. The summed E-state index contributed by atoms with van der Waals surface area (Å²) in [6.45, 7) is 5.98. The minimum absolute atomic E-state index is 0.0201. The molecule has 0 spiro atoms. The average Bonchev–Trinajstić information content (AvgIpc) is 3.55. The molecule has 3 N–H and O–H groups in total. The SMILES string of the molecule is COc1ccc(CN2CCC(c3ccc4cc(C(=O)N5CCN(Cc6ccc(C(F)(F)F)cc6)CC5)[nH]c4c3)CC2)cn1.O=C(O)C=CC(=O)O. The number of aromatic nitrogens is 2. The molecule has 0 saturated carbocycles. The molecule has 4 heterocycles. The van der Waals surface area contributed by atoms with Gasteiger partial charge in [-0.2, -0.15) is 13.2 Å². The maximum atomic E-state index is 13.3. The van der Waals surface area contributed by atoms with Crippen molar-refractivity contribution in [2.24, 2.45) is 0 Å². The van der Waals surface area contributed by atoms with Crippen LogP contribution >= 0.6 is 0 Å². The second-order valence-corrected chi connectivity index (χ2v) is 12.6. The minimum atomic E-state index is -4.33. The Hall–Kier alpha value is -5.21. The van der Waals surface area contributed by atoms with E-state index in [0.717, 1.165) is 61.1 Å². The lowest BCUT2D eigenvalue weighted by molar-refractivity contribution is -0.137. The Labute approximate surface area is 292 Å². The molecule has 14 heteroatoms. The maximum Gasteiger partial charge on any atom is 0.416 e. The summed E-state index contributed by atoms with van der Waals surface area (Å²) < 4.78 is 43.7. The van der Waals surface area contributed by atoms with E-state index in [1.165, 1.54) is 23.3 Å². The minimum Gasteiger partial charge on any atom is -0.481 e. The zero-order valence-corrected chi connectivity index (χ0v) is 28.1. The molecule has 0 radical (unpaired) electrons. The van der Waals surface area contributed by atoms with Crippen molar-refractivity contribution in [3.05, 3.63) is 107 Å². The number of pyridine rings is 1. The summed E-state index contributed by atoms with van der Waals surface area (Å²) in [6.07, 6.45) is 0.830. The van der Waals surface area contributed by atoms with Crippen LogP contribution in [0.4, 0.5) is 13.2 Å². The van der Waals surface area contributed by atoms with E-state index in [1.54, 1.807) is 7.11 Å². The highest BCUT2D eigenvalue weighted by Crippen LogP contribution is 2.32. The number of carbonyl (C=O) groups is 3. The Morgan fingerprint density at radius 3 is 2.02 bits per heavy atom. The molecule has 2 fully saturated rings. The summed E-state index contributed by atoms with van der Waals surface area (Å²) in [7, 11) is 1.62. The normalized spacial score (nSPS) is 16.2. The quantitative estimate of drug-likeness (QED) is 0.189.